The second-order valence-corrected chi connectivity index (χ2v) is 10.3. The number of alkyl halides is 3. The number of hydrogen-bond donors (Lipinski definition) is 3. The number of nitrogens with one attached hydrogen (secondary N) is 3. The Morgan fingerprint density at radius 1 is 1.00 bits per heavy atom. The van der Waals surface area contributed by atoms with E-state index in [1.165, 1.54) is 25.1 Å². The summed E-state index contributed by atoms with van der Waals surface area (Å²) in [4.78, 5) is 33.1. The number of anilines is 2. The van der Waals surface area contributed by atoms with Gasteiger partial charge in [0, 0.05) is 27.7 Å². The van der Waals surface area contributed by atoms with Gasteiger partial charge in [-0.05, 0) is 69.3 Å². The van der Waals surface area contributed by atoms with Crippen LogP contribution in [-0.4, -0.2) is 48.7 Å². The fourth-order valence-electron chi connectivity index (χ4n) is 3.39. The molecule has 0 unspecified atom stereocenters. The number of carbonyl (C=O) groups is 2. The quantitative estimate of drug-likeness (QED) is 0.251. The number of rotatable bonds is 9. The molecule has 0 spiro atoms. The van der Waals surface area contributed by atoms with E-state index >= 15 is 0 Å². The summed E-state index contributed by atoms with van der Waals surface area (Å²) >= 11 is 5.84. The number of esters is 1. The summed E-state index contributed by atoms with van der Waals surface area (Å²) in [6, 6.07) is 10.7. The maximum Gasteiger partial charge on any atom is 0.441 e. The van der Waals surface area contributed by atoms with Crippen molar-refractivity contribution in [3.63, 3.8) is 0 Å². The zero-order valence-corrected chi connectivity index (χ0v) is 22.3. The minimum Gasteiger partial charge on any atom is -0.463 e. The van der Waals surface area contributed by atoms with E-state index in [0.717, 1.165) is 30.3 Å². The topological polar surface area (TPSA) is 139 Å². The highest BCUT2D eigenvalue weighted by molar-refractivity contribution is 7.92. The third-order valence-electron chi connectivity index (χ3n) is 5.10. The number of ether oxygens (including phenoxy) is 1. The second kappa shape index (κ2) is 11.5. The number of benzene rings is 2. The lowest BCUT2D eigenvalue weighted by molar-refractivity contribution is -0.204. The zero-order valence-electron chi connectivity index (χ0n) is 20.8. The molecule has 39 heavy (non-hydrogen) atoms. The highest BCUT2D eigenvalue weighted by atomic mass is 35.5. The zero-order chi connectivity index (χ0) is 29.0. The van der Waals surface area contributed by atoms with E-state index in [4.69, 9.17) is 11.6 Å². The lowest BCUT2D eigenvalue weighted by Crippen LogP contribution is -2.69. The maximum atomic E-state index is 14.4. The molecular weight excluding hydrogens is 563 g/mol. The van der Waals surface area contributed by atoms with Crippen LogP contribution in [0.4, 0.5) is 24.8 Å². The monoisotopic (exact) mass is 585 g/mol. The van der Waals surface area contributed by atoms with Gasteiger partial charge < -0.3 is 15.4 Å². The molecule has 10 nitrogen and oxygen atoms in total. The summed E-state index contributed by atoms with van der Waals surface area (Å²) in [7, 11) is -4.22. The molecule has 1 heterocycles. The first-order chi connectivity index (χ1) is 18.2. The van der Waals surface area contributed by atoms with Gasteiger partial charge in [0.1, 0.15) is 0 Å². The molecule has 2 aromatic carbocycles. The number of amides is 1. The van der Waals surface area contributed by atoms with Crippen LogP contribution in [0.1, 0.15) is 28.7 Å². The Morgan fingerprint density at radius 3 is 2.15 bits per heavy atom. The molecule has 0 aliphatic rings. The number of aromatic nitrogens is 2. The number of halogens is 4. The van der Waals surface area contributed by atoms with Gasteiger partial charge in [-0.2, -0.15) is 13.2 Å². The molecule has 0 saturated carbocycles. The number of nitrogens with zero attached hydrogens (tertiary/aromatic N) is 2. The van der Waals surface area contributed by atoms with Crippen LogP contribution < -0.4 is 15.4 Å². The summed E-state index contributed by atoms with van der Waals surface area (Å²) < 4.78 is 75.7. The van der Waals surface area contributed by atoms with E-state index in [0.29, 0.717) is 11.4 Å². The van der Waals surface area contributed by atoms with Crippen molar-refractivity contribution in [1.29, 1.82) is 0 Å². The molecule has 3 aromatic rings. The van der Waals surface area contributed by atoms with Gasteiger partial charge >= 0.3 is 17.8 Å². The molecule has 0 aliphatic heterocycles. The summed E-state index contributed by atoms with van der Waals surface area (Å²) in [6.07, 6.45) is -5.40. The molecule has 0 bridgehead atoms. The Hall–Kier alpha value is -3.91. The third-order valence-corrected chi connectivity index (χ3v) is 6.68. The van der Waals surface area contributed by atoms with Crippen molar-refractivity contribution >= 4 is 45.1 Å². The van der Waals surface area contributed by atoms with Crippen LogP contribution in [0, 0.1) is 13.8 Å². The van der Waals surface area contributed by atoms with Crippen LogP contribution >= 0.6 is 11.6 Å². The van der Waals surface area contributed by atoms with Crippen LogP contribution in [0.2, 0.25) is 5.02 Å². The maximum absolute atomic E-state index is 14.4. The standard InChI is InChI=1S/C24H23ClF3N5O5S/c1-4-38-21(35)23(24(26,27)28,32-20(34)16-6-5-7-17(25)13-16)31-18-8-10-19(11-9-18)39(36,37)33-22-29-14(2)12-15(3)30-22/h5-13,31H,4H2,1-3H3,(H,32,34)(H,29,30,33)/t23-/m0/s1. The second-order valence-electron chi connectivity index (χ2n) is 8.16. The average molecular weight is 586 g/mol. The van der Waals surface area contributed by atoms with Crippen LogP contribution in [0.25, 0.3) is 0 Å². The molecule has 1 aromatic heterocycles. The van der Waals surface area contributed by atoms with E-state index in [1.807, 2.05) is 5.32 Å². The van der Waals surface area contributed by atoms with Crippen molar-refractivity contribution in [3.8, 4) is 0 Å². The smallest absolute Gasteiger partial charge is 0.441 e. The molecule has 208 valence electrons. The van der Waals surface area contributed by atoms with Crippen molar-refractivity contribution in [2.75, 3.05) is 16.6 Å². The highest BCUT2D eigenvalue weighted by Gasteiger charge is 2.63. The SMILES string of the molecule is CCOC(=O)[C@@](NC(=O)c1cccc(Cl)c1)(Nc1ccc(S(=O)(=O)Nc2nc(C)cc(C)n2)cc1)C(F)(F)F. The molecule has 0 saturated heterocycles. The first-order valence-electron chi connectivity index (χ1n) is 11.2. The van der Waals surface area contributed by atoms with E-state index in [9.17, 15) is 31.2 Å². The molecule has 3 N–H and O–H groups in total. The van der Waals surface area contributed by atoms with E-state index in [-0.39, 0.29) is 27.1 Å². The van der Waals surface area contributed by atoms with Crippen LogP contribution in [0.15, 0.2) is 59.5 Å². The highest BCUT2D eigenvalue weighted by Crippen LogP contribution is 2.34. The molecular formula is C24H23ClF3N5O5S. The predicted molar refractivity (Wildman–Crippen MR) is 137 cm³/mol. The summed E-state index contributed by atoms with van der Waals surface area (Å²) in [6.45, 7) is 4.17. The number of aryl methyl sites for hydroxylation is 2. The Labute approximate surface area is 227 Å². The number of carbonyl (C=O) groups excluding carboxylic acids is 2. The van der Waals surface area contributed by atoms with Gasteiger partial charge in [0.25, 0.3) is 15.9 Å². The number of hydrogen-bond acceptors (Lipinski definition) is 8. The van der Waals surface area contributed by atoms with Crippen LogP contribution in [0.5, 0.6) is 0 Å². The largest absolute Gasteiger partial charge is 0.463 e. The molecule has 15 heteroatoms. The molecule has 3 rings (SSSR count). The van der Waals surface area contributed by atoms with Crippen molar-refractivity contribution < 1.29 is 35.9 Å². The molecule has 1 amide bonds. The van der Waals surface area contributed by atoms with Gasteiger partial charge in [-0.15, -0.1) is 0 Å². The fourth-order valence-corrected chi connectivity index (χ4v) is 4.52. The first-order valence-corrected chi connectivity index (χ1v) is 13.1. The van der Waals surface area contributed by atoms with Gasteiger partial charge in [0.15, 0.2) is 0 Å². The van der Waals surface area contributed by atoms with Gasteiger partial charge in [-0.3, -0.25) is 4.79 Å². The minimum atomic E-state index is -5.40. The summed E-state index contributed by atoms with van der Waals surface area (Å²) in [5, 5.41) is 3.74. The van der Waals surface area contributed by atoms with Crippen molar-refractivity contribution in [2.24, 2.45) is 0 Å². The normalized spacial score (nSPS) is 13.2. The Bertz CT molecular complexity index is 1470. The predicted octanol–water partition coefficient (Wildman–Crippen LogP) is 4.21. The van der Waals surface area contributed by atoms with Crippen molar-refractivity contribution in [3.05, 3.63) is 76.6 Å². The average Bonchev–Trinajstić information content (AvgIpc) is 2.82. The summed E-state index contributed by atoms with van der Waals surface area (Å²) in [5.74, 6) is -3.29. The lowest BCUT2D eigenvalue weighted by atomic mass is 10.1. The lowest BCUT2D eigenvalue weighted by Gasteiger charge is -2.35. The van der Waals surface area contributed by atoms with E-state index in [1.54, 1.807) is 25.2 Å². The fraction of sp³-hybridized carbons (Fsp3) is 0.250. The van der Waals surface area contributed by atoms with Crippen molar-refractivity contribution in [2.45, 2.75) is 37.5 Å². The Kier molecular flexibility index (Phi) is 8.70. The Morgan fingerprint density at radius 2 is 1.62 bits per heavy atom. The molecule has 0 aliphatic carbocycles. The van der Waals surface area contributed by atoms with Crippen LogP contribution in [0.3, 0.4) is 0 Å². The Balaban J connectivity index is 1.95. The van der Waals surface area contributed by atoms with Crippen molar-refractivity contribution in [1.82, 2.24) is 15.3 Å². The first kappa shape index (κ1) is 29.6. The van der Waals surface area contributed by atoms with Gasteiger partial charge in [0.05, 0.1) is 11.5 Å². The van der Waals surface area contributed by atoms with Gasteiger partial charge in [0.2, 0.25) is 5.95 Å². The summed E-state index contributed by atoms with van der Waals surface area (Å²) in [5.41, 5.74) is -3.30. The van der Waals surface area contributed by atoms with E-state index < -0.39 is 40.3 Å². The van der Waals surface area contributed by atoms with Gasteiger partial charge in [-0.25, -0.2) is 27.9 Å². The minimum absolute atomic E-state index is 0.0842. The molecule has 1 atom stereocenters. The van der Waals surface area contributed by atoms with E-state index in [2.05, 4.69) is 19.4 Å². The third kappa shape index (κ3) is 6.95. The number of sulfonamides is 1. The van der Waals surface area contributed by atoms with Gasteiger partial charge in [-0.1, -0.05) is 17.7 Å². The molecule has 0 fully saturated rings. The molecule has 0 radical (unpaired) electrons. The van der Waals surface area contributed by atoms with Crippen LogP contribution in [-0.2, 0) is 19.6 Å².